The molecule has 0 spiro atoms. The van der Waals surface area contributed by atoms with Gasteiger partial charge in [-0.3, -0.25) is 0 Å². The standard InChI is InChI=1S/C17H28N2O/c1-5-10-18-14(2)15-6-8-16(9-7-15)19-11-12-20-13-17(19,3)4/h6-9,14,18H,5,10-13H2,1-4H3. The predicted molar refractivity (Wildman–Crippen MR) is 85.4 cm³/mol. The molecule has 0 amide bonds. The number of hydrogen-bond donors (Lipinski definition) is 1. The summed E-state index contributed by atoms with van der Waals surface area (Å²) in [6, 6.07) is 9.39. The van der Waals surface area contributed by atoms with Gasteiger partial charge >= 0.3 is 0 Å². The number of nitrogens with zero attached hydrogens (tertiary/aromatic N) is 1. The first-order valence-electron chi connectivity index (χ1n) is 7.73. The van der Waals surface area contributed by atoms with Gasteiger partial charge in [0.2, 0.25) is 0 Å². The van der Waals surface area contributed by atoms with E-state index in [-0.39, 0.29) is 5.54 Å². The normalized spacial score (nSPS) is 19.9. The number of ether oxygens (including phenoxy) is 1. The molecule has 1 unspecified atom stereocenters. The van der Waals surface area contributed by atoms with E-state index >= 15 is 0 Å². The van der Waals surface area contributed by atoms with Crippen LogP contribution in [0.1, 0.15) is 45.7 Å². The molecule has 0 aromatic heterocycles. The van der Waals surface area contributed by atoms with E-state index in [1.54, 1.807) is 0 Å². The Bertz CT molecular complexity index is 414. The Morgan fingerprint density at radius 1 is 1.30 bits per heavy atom. The molecule has 1 saturated heterocycles. The average molecular weight is 276 g/mol. The van der Waals surface area contributed by atoms with Crippen molar-refractivity contribution < 1.29 is 4.74 Å². The van der Waals surface area contributed by atoms with Crippen molar-refractivity contribution in [3.63, 3.8) is 0 Å². The number of morpholine rings is 1. The predicted octanol–water partition coefficient (Wildman–Crippen LogP) is 3.36. The van der Waals surface area contributed by atoms with Crippen LogP contribution in [-0.2, 0) is 4.74 Å². The van der Waals surface area contributed by atoms with Gasteiger partial charge in [-0.05, 0) is 51.4 Å². The van der Waals surface area contributed by atoms with Gasteiger partial charge in [-0.15, -0.1) is 0 Å². The minimum atomic E-state index is 0.0752. The van der Waals surface area contributed by atoms with Crippen LogP contribution in [0.4, 0.5) is 5.69 Å². The van der Waals surface area contributed by atoms with Crippen molar-refractivity contribution in [1.82, 2.24) is 5.32 Å². The van der Waals surface area contributed by atoms with Gasteiger partial charge in [0.25, 0.3) is 0 Å². The molecule has 1 aromatic carbocycles. The van der Waals surface area contributed by atoms with E-state index in [0.717, 1.165) is 26.3 Å². The van der Waals surface area contributed by atoms with E-state index in [9.17, 15) is 0 Å². The van der Waals surface area contributed by atoms with E-state index in [1.807, 2.05) is 0 Å². The summed E-state index contributed by atoms with van der Waals surface area (Å²) in [4.78, 5) is 2.45. The Balaban J connectivity index is 2.07. The van der Waals surface area contributed by atoms with E-state index in [1.165, 1.54) is 17.7 Å². The average Bonchev–Trinajstić information content (AvgIpc) is 2.44. The third-order valence-corrected chi connectivity index (χ3v) is 4.05. The van der Waals surface area contributed by atoms with Crippen LogP contribution in [0.25, 0.3) is 0 Å². The summed E-state index contributed by atoms with van der Waals surface area (Å²) >= 11 is 0. The van der Waals surface area contributed by atoms with Crippen molar-refractivity contribution in [2.24, 2.45) is 0 Å². The first kappa shape index (κ1) is 15.3. The molecule has 0 radical (unpaired) electrons. The first-order chi connectivity index (χ1) is 9.54. The highest BCUT2D eigenvalue weighted by atomic mass is 16.5. The lowest BCUT2D eigenvalue weighted by Gasteiger charge is -2.43. The maximum absolute atomic E-state index is 5.59. The number of anilines is 1. The quantitative estimate of drug-likeness (QED) is 0.892. The Labute approximate surface area is 123 Å². The van der Waals surface area contributed by atoms with Gasteiger partial charge in [0, 0.05) is 18.3 Å². The van der Waals surface area contributed by atoms with Crippen molar-refractivity contribution in [3.05, 3.63) is 29.8 Å². The highest BCUT2D eigenvalue weighted by Crippen LogP contribution is 2.28. The lowest BCUT2D eigenvalue weighted by Crippen LogP contribution is -2.53. The van der Waals surface area contributed by atoms with Crippen molar-refractivity contribution in [2.75, 3.05) is 31.2 Å². The number of rotatable bonds is 5. The summed E-state index contributed by atoms with van der Waals surface area (Å²) in [5.74, 6) is 0. The second kappa shape index (κ2) is 6.59. The monoisotopic (exact) mass is 276 g/mol. The zero-order valence-corrected chi connectivity index (χ0v) is 13.3. The fourth-order valence-corrected chi connectivity index (χ4v) is 2.76. The zero-order valence-electron chi connectivity index (χ0n) is 13.3. The van der Waals surface area contributed by atoms with Gasteiger partial charge in [-0.2, -0.15) is 0 Å². The molecule has 20 heavy (non-hydrogen) atoms. The SMILES string of the molecule is CCCNC(C)c1ccc(N2CCOCC2(C)C)cc1. The maximum atomic E-state index is 5.59. The Morgan fingerprint density at radius 3 is 2.60 bits per heavy atom. The summed E-state index contributed by atoms with van der Waals surface area (Å²) in [5.41, 5.74) is 2.73. The first-order valence-corrected chi connectivity index (χ1v) is 7.73. The van der Waals surface area contributed by atoms with Gasteiger partial charge in [0.05, 0.1) is 18.8 Å². The molecule has 3 heteroatoms. The molecule has 1 aliphatic heterocycles. The molecule has 0 bridgehead atoms. The molecule has 1 aromatic rings. The van der Waals surface area contributed by atoms with Crippen LogP contribution >= 0.6 is 0 Å². The van der Waals surface area contributed by atoms with Crippen molar-refractivity contribution in [1.29, 1.82) is 0 Å². The molecule has 1 aliphatic rings. The third kappa shape index (κ3) is 3.53. The van der Waals surface area contributed by atoms with E-state index < -0.39 is 0 Å². The lowest BCUT2D eigenvalue weighted by atomic mass is 10.0. The summed E-state index contributed by atoms with van der Waals surface area (Å²) < 4.78 is 5.59. The molecular formula is C17H28N2O. The second-order valence-corrected chi connectivity index (χ2v) is 6.28. The highest BCUT2D eigenvalue weighted by molar-refractivity contribution is 5.50. The van der Waals surface area contributed by atoms with E-state index in [0.29, 0.717) is 6.04 Å². The largest absolute Gasteiger partial charge is 0.377 e. The Morgan fingerprint density at radius 2 is 2.00 bits per heavy atom. The molecule has 2 rings (SSSR count). The van der Waals surface area contributed by atoms with Crippen LogP contribution in [0.5, 0.6) is 0 Å². The third-order valence-electron chi connectivity index (χ3n) is 4.05. The van der Waals surface area contributed by atoms with Gasteiger partial charge < -0.3 is 15.0 Å². The number of nitrogens with one attached hydrogen (secondary N) is 1. The summed E-state index contributed by atoms with van der Waals surface area (Å²) in [5, 5.41) is 3.53. The second-order valence-electron chi connectivity index (χ2n) is 6.28. The molecule has 1 atom stereocenters. The molecule has 1 fully saturated rings. The minimum absolute atomic E-state index is 0.0752. The lowest BCUT2D eigenvalue weighted by molar-refractivity contribution is 0.0644. The van der Waals surface area contributed by atoms with Crippen LogP contribution in [0.2, 0.25) is 0 Å². The van der Waals surface area contributed by atoms with E-state index in [4.69, 9.17) is 4.74 Å². The van der Waals surface area contributed by atoms with Gasteiger partial charge in [-0.1, -0.05) is 19.1 Å². The Kier molecular flexibility index (Phi) is 5.06. The summed E-state index contributed by atoms with van der Waals surface area (Å²) in [6.45, 7) is 12.6. The fraction of sp³-hybridized carbons (Fsp3) is 0.647. The topological polar surface area (TPSA) is 24.5 Å². The van der Waals surface area contributed by atoms with Gasteiger partial charge in [0.15, 0.2) is 0 Å². The molecular weight excluding hydrogens is 248 g/mol. The smallest absolute Gasteiger partial charge is 0.0694 e. The number of hydrogen-bond acceptors (Lipinski definition) is 3. The van der Waals surface area contributed by atoms with Gasteiger partial charge in [0.1, 0.15) is 0 Å². The molecule has 1 heterocycles. The maximum Gasteiger partial charge on any atom is 0.0694 e. The molecule has 3 nitrogen and oxygen atoms in total. The zero-order chi connectivity index (χ0) is 14.6. The van der Waals surface area contributed by atoms with Crippen LogP contribution in [0.15, 0.2) is 24.3 Å². The molecule has 0 aliphatic carbocycles. The summed E-state index contributed by atoms with van der Waals surface area (Å²) in [7, 11) is 0. The van der Waals surface area contributed by atoms with Gasteiger partial charge in [-0.25, -0.2) is 0 Å². The van der Waals surface area contributed by atoms with Crippen molar-refractivity contribution in [2.45, 2.75) is 45.7 Å². The molecule has 0 saturated carbocycles. The minimum Gasteiger partial charge on any atom is -0.377 e. The summed E-state index contributed by atoms with van der Waals surface area (Å²) in [6.07, 6.45) is 1.17. The fourth-order valence-electron chi connectivity index (χ4n) is 2.76. The van der Waals surface area contributed by atoms with Crippen LogP contribution in [0.3, 0.4) is 0 Å². The molecule has 1 N–H and O–H groups in total. The van der Waals surface area contributed by atoms with Crippen molar-refractivity contribution in [3.8, 4) is 0 Å². The van der Waals surface area contributed by atoms with Crippen molar-refractivity contribution >= 4 is 5.69 Å². The highest BCUT2D eigenvalue weighted by Gasteiger charge is 2.30. The number of benzene rings is 1. The van der Waals surface area contributed by atoms with Crippen LogP contribution in [-0.4, -0.2) is 31.8 Å². The van der Waals surface area contributed by atoms with Crippen LogP contribution < -0.4 is 10.2 Å². The van der Waals surface area contributed by atoms with E-state index in [2.05, 4.69) is 62.2 Å². The van der Waals surface area contributed by atoms with Crippen LogP contribution in [0, 0.1) is 0 Å². The molecule has 112 valence electrons. The Hall–Kier alpha value is -1.06.